The molecule has 5 rings (SSSR count). The number of ether oxygens (including phenoxy) is 8. The zero-order valence-electron chi connectivity index (χ0n) is 35.8. The number of benzene rings is 5. The van der Waals surface area contributed by atoms with E-state index in [1.807, 2.05) is 0 Å². The van der Waals surface area contributed by atoms with E-state index in [2.05, 4.69) is 27.7 Å². The summed E-state index contributed by atoms with van der Waals surface area (Å²) in [5.41, 5.74) is 0.616. The largest absolute Gasteiger partial charge is 0.494 e. The molecular formula is C50H54O12. The molecule has 12 heteroatoms. The summed E-state index contributed by atoms with van der Waals surface area (Å²) in [7, 11) is 0. The summed E-state index contributed by atoms with van der Waals surface area (Å²) >= 11 is 0. The van der Waals surface area contributed by atoms with Crippen molar-refractivity contribution in [3.63, 3.8) is 0 Å². The highest BCUT2D eigenvalue weighted by Gasteiger charge is 2.25. The van der Waals surface area contributed by atoms with E-state index in [-0.39, 0.29) is 45.3 Å². The van der Waals surface area contributed by atoms with Crippen molar-refractivity contribution in [1.29, 1.82) is 0 Å². The summed E-state index contributed by atoms with van der Waals surface area (Å²) in [5.74, 6) is -2.20. The maximum absolute atomic E-state index is 13.6. The average molecular weight is 847 g/mol. The molecule has 0 radical (unpaired) electrons. The maximum Gasteiger partial charge on any atom is 0.343 e. The number of carbonyl (C=O) groups excluding carboxylic acids is 4. The van der Waals surface area contributed by atoms with Gasteiger partial charge >= 0.3 is 23.9 Å². The van der Waals surface area contributed by atoms with E-state index in [1.165, 1.54) is 48.5 Å². The third-order valence-electron chi connectivity index (χ3n) is 9.25. The SMILES string of the molecule is CCCCOc1ccc(C(=O)Oc2cc(OC(=O)c3ccc(OCCCC)cc3)c(OC(=O)c3ccc(OCCCC)cc3)cc2OC(=O)c2ccc(OCCCC)cc2)cc1. The molecule has 12 nitrogen and oxygen atoms in total. The third-order valence-corrected chi connectivity index (χ3v) is 9.25. The number of hydrogen-bond acceptors (Lipinski definition) is 12. The van der Waals surface area contributed by atoms with Crippen molar-refractivity contribution in [3.8, 4) is 46.0 Å². The lowest BCUT2D eigenvalue weighted by molar-refractivity contribution is 0.0662. The third kappa shape index (κ3) is 14.1. The van der Waals surface area contributed by atoms with Gasteiger partial charge in [0.15, 0.2) is 23.0 Å². The highest BCUT2D eigenvalue weighted by atomic mass is 16.6. The Bertz CT molecular complexity index is 1880. The van der Waals surface area contributed by atoms with Crippen molar-refractivity contribution in [2.75, 3.05) is 26.4 Å². The van der Waals surface area contributed by atoms with Gasteiger partial charge in [-0.15, -0.1) is 0 Å². The minimum absolute atomic E-state index is 0.154. The van der Waals surface area contributed by atoms with Crippen molar-refractivity contribution in [3.05, 3.63) is 131 Å². The Balaban J connectivity index is 1.50. The smallest absolute Gasteiger partial charge is 0.343 e. The van der Waals surface area contributed by atoms with E-state index in [1.54, 1.807) is 48.5 Å². The van der Waals surface area contributed by atoms with Crippen molar-refractivity contribution < 1.29 is 57.1 Å². The lowest BCUT2D eigenvalue weighted by Gasteiger charge is -2.16. The molecule has 326 valence electrons. The number of hydrogen-bond donors (Lipinski definition) is 0. The fourth-order valence-corrected chi connectivity index (χ4v) is 5.56. The summed E-state index contributed by atoms with van der Waals surface area (Å²) in [5, 5.41) is 0. The van der Waals surface area contributed by atoms with Crippen LogP contribution in [-0.2, 0) is 0 Å². The Morgan fingerprint density at radius 2 is 0.516 bits per heavy atom. The van der Waals surface area contributed by atoms with Gasteiger partial charge in [0.05, 0.1) is 48.7 Å². The molecule has 0 fully saturated rings. The van der Waals surface area contributed by atoms with Crippen LogP contribution in [0.4, 0.5) is 0 Å². The van der Waals surface area contributed by atoms with Crippen LogP contribution in [0.15, 0.2) is 109 Å². The molecule has 0 atom stereocenters. The Kier molecular flexibility index (Phi) is 18.2. The van der Waals surface area contributed by atoms with E-state index < -0.39 is 23.9 Å². The lowest BCUT2D eigenvalue weighted by Crippen LogP contribution is -2.16. The summed E-state index contributed by atoms with van der Waals surface area (Å²) < 4.78 is 46.3. The van der Waals surface area contributed by atoms with Gasteiger partial charge in [0, 0.05) is 12.1 Å². The van der Waals surface area contributed by atoms with Gasteiger partial charge in [-0.3, -0.25) is 0 Å². The summed E-state index contributed by atoms with van der Waals surface area (Å²) in [6.45, 7) is 10.3. The quantitative estimate of drug-likeness (QED) is 0.0331. The first-order chi connectivity index (χ1) is 30.2. The standard InChI is InChI=1S/C50H54O12/c1-5-9-29-55-39-21-13-35(14-22-39)47(51)59-43-33-45(61-49(53)37-17-25-41(26-18-37)57-31-11-7-3)46(62-50(54)38-19-27-42(28-20-38)58-32-12-8-4)34-44(43)60-48(52)36-15-23-40(24-16-36)56-30-10-6-2/h13-28,33-34H,5-12,29-32H2,1-4H3. The number of esters is 4. The van der Waals surface area contributed by atoms with Gasteiger partial charge < -0.3 is 37.9 Å². The molecule has 0 N–H and O–H groups in total. The highest BCUT2D eigenvalue weighted by Crippen LogP contribution is 2.42. The Morgan fingerprint density at radius 3 is 0.694 bits per heavy atom. The van der Waals surface area contributed by atoms with Gasteiger partial charge in [-0.2, -0.15) is 0 Å². The zero-order chi connectivity index (χ0) is 44.1. The van der Waals surface area contributed by atoms with Crippen molar-refractivity contribution in [1.82, 2.24) is 0 Å². The fraction of sp³-hybridized carbons (Fsp3) is 0.320. The lowest BCUT2D eigenvalue weighted by atomic mass is 10.2. The molecule has 0 heterocycles. The number of rotatable bonds is 24. The van der Waals surface area contributed by atoms with Crippen molar-refractivity contribution in [2.45, 2.75) is 79.1 Å². The summed E-state index contributed by atoms with van der Waals surface area (Å²) in [6, 6.07) is 27.7. The normalized spacial score (nSPS) is 10.6. The van der Waals surface area contributed by atoms with E-state index in [9.17, 15) is 19.2 Å². The Morgan fingerprint density at radius 1 is 0.323 bits per heavy atom. The van der Waals surface area contributed by atoms with Crippen LogP contribution in [-0.4, -0.2) is 50.3 Å². The molecule has 0 aliphatic heterocycles. The maximum atomic E-state index is 13.6. The average Bonchev–Trinajstić information content (AvgIpc) is 3.29. The molecule has 0 aromatic heterocycles. The minimum Gasteiger partial charge on any atom is -0.494 e. The molecule has 5 aromatic carbocycles. The monoisotopic (exact) mass is 846 g/mol. The van der Waals surface area contributed by atoms with Crippen LogP contribution in [0.5, 0.6) is 46.0 Å². The zero-order valence-corrected chi connectivity index (χ0v) is 35.8. The second-order valence-electron chi connectivity index (χ2n) is 14.2. The van der Waals surface area contributed by atoms with Gasteiger partial charge in [-0.05, 0) is 123 Å². The van der Waals surface area contributed by atoms with Crippen LogP contribution in [0.3, 0.4) is 0 Å². The van der Waals surface area contributed by atoms with Gasteiger partial charge in [-0.1, -0.05) is 53.4 Å². The van der Waals surface area contributed by atoms with E-state index in [0.717, 1.165) is 63.5 Å². The highest BCUT2D eigenvalue weighted by molar-refractivity contribution is 5.96. The number of unbranched alkanes of at least 4 members (excludes halogenated alkanes) is 4. The second kappa shape index (κ2) is 24.4. The first-order valence-electron chi connectivity index (χ1n) is 21.2. The molecule has 62 heavy (non-hydrogen) atoms. The van der Waals surface area contributed by atoms with Gasteiger partial charge in [0.1, 0.15) is 23.0 Å². The van der Waals surface area contributed by atoms with Crippen LogP contribution in [0.25, 0.3) is 0 Å². The van der Waals surface area contributed by atoms with Crippen LogP contribution in [0.1, 0.15) is 120 Å². The first-order valence-corrected chi connectivity index (χ1v) is 21.2. The van der Waals surface area contributed by atoms with Crippen LogP contribution in [0, 0.1) is 0 Å². The molecule has 0 amide bonds. The molecule has 0 aliphatic carbocycles. The van der Waals surface area contributed by atoms with Crippen LogP contribution < -0.4 is 37.9 Å². The molecular weight excluding hydrogens is 793 g/mol. The van der Waals surface area contributed by atoms with E-state index in [4.69, 9.17) is 37.9 Å². The molecule has 0 bridgehead atoms. The van der Waals surface area contributed by atoms with Gasteiger partial charge in [0.25, 0.3) is 0 Å². The topological polar surface area (TPSA) is 142 Å². The predicted molar refractivity (Wildman–Crippen MR) is 234 cm³/mol. The van der Waals surface area contributed by atoms with Crippen molar-refractivity contribution >= 4 is 23.9 Å². The van der Waals surface area contributed by atoms with E-state index in [0.29, 0.717) is 49.4 Å². The molecule has 0 saturated carbocycles. The Hall–Kier alpha value is -6.82. The Labute approximate surface area is 363 Å². The summed E-state index contributed by atoms with van der Waals surface area (Å²) in [6.07, 6.45) is 7.36. The minimum atomic E-state index is -0.821. The molecule has 0 saturated heterocycles. The van der Waals surface area contributed by atoms with Crippen LogP contribution in [0.2, 0.25) is 0 Å². The molecule has 0 aliphatic rings. The van der Waals surface area contributed by atoms with Crippen molar-refractivity contribution in [2.24, 2.45) is 0 Å². The van der Waals surface area contributed by atoms with Crippen LogP contribution >= 0.6 is 0 Å². The molecule has 5 aromatic rings. The van der Waals surface area contributed by atoms with E-state index >= 15 is 0 Å². The predicted octanol–water partition coefficient (Wildman–Crippen LogP) is 11.3. The van der Waals surface area contributed by atoms with Gasteiger partial charge in [-0.25, -0.2) is 19.2 Å². The first kappa shape index (κ1) is 46.2. The van der Waals surface area contributed by atoms with Gasteiger partial charge in [0.2, 0.25) is 0 Å². The molecule has 0 spiro atoms. The second-order valence-corrected chi connectivity index (χ2v) is 14.2. The number of carbonyl (C=O) groups is 4. The fourth-order valence-electron chi connectivity index (χ4n) is 5.56. The summed E-state index contributed by atoms with van der Waals surface area (Å²) in [4.78, 5) is 54.6. The molecule has 0 unspecified atom stereocenters.